The van der Waals surface area contributed by atoms with Gasteiger partial charge in [0.15, 0.2) is 0 Å². The van der Waals surface area contributed by atoms with Gasteiger partial charge in [-0.1, -0.05) is 62.4 Å². The van der Waals surface area contributed by atoms with E-state index in [1.165, 1.54) is 23.8 Å². The number of hydrogen-bond acceptors (Lipinski definition) is 6. The Morgan fingerprint density at radius 2 is 1.62 bits per heavy atom. The van der Waals surface area contributed by atoms with E-state index in [9.17, 15) is 13.2 Å². The first kappa shape index (κ1) is 26.4. The van der Waals surface area contributed by atoms with Gasteiger partial charge in [0.1, 0.15) is 6.10 Å². The molecule has 200 valence electrons. The lowest BCUT2D eigenvalue weighted by molar-refractivity contribution is 0.0925. The highest BCUT2D eigenvalue weighted by Gasteiger charge is 2.23. The molecule has 0 aliphatic carbocycles. The largest absolute Gasteiger partial charge is 0.467 e. The van der Waals surface area contributed by atoms with Gasteiger partial charge in [-0.25, -0.2) is 18.1 Å². The number of amides is 1. The van der Waals surface area contributed by atoms with Crippen molar-refractivity contribution in [2.45, 2.75) is 44.6 Å². The minimum atomic E-state index is -4.09. The van der Waals surface area contributed by atoms with Crippen LogP contribution in [0.2, 0.25) is 0 Å². The Morgan fingerprint density at radius 3 is 2.31 bits per heavy atom. The standard InChI is InChI=1S/C30H30N4O4S/c1-18(2)21-11-13-22(14-12-21)26-17-31-29(35)23-9-6-10-24(15-23)39(36,37)34-30-32-25(16-27(33-30)38-26)28-19(3)7-5-8-20(28)4/h5-16,18,26H,17H2,1-4H3,(H,31,35)(H,32,33,34)/t26-/m0/s1. The molecule has 5 rings (SSSR count). The molecule has 8 nitrogen and oxygen atoms in total. The number of nitrogens with zero attached hydrogens (tertiary/aromatic N) is 2. The number of aromatic nitrogens is 2. The van der Waals surface area contributed by atoms with Gasteiger partial charge in [-0.3, -0.25) is 4.79 Å². The van der Waals surface area contributed by atoms with E-state index in [0.717, 1.165) is 22.3 Å². The predicted octanol–water partition coefficient (Wildman–Crippen LogP) is 5.55. The third-order valence-electron chi connectivity index (χ3n) is 6.76. The summed E-state index contributed by atoms with van der Waals surface area (Å²) in [6.07, 6.45) is -0.593. The van der Waals surface area contributed by atoms with Crippen LogP contribution in [0.25, 0.3) is 11.3 Å². The van der Waals surface area contributed by atoms with Crippen LogP contribution in [0, 0.1) is 13.8 Å². The molecule has 2 heterocycles. The summed E-state index contributed by atoms with van der Waals surface area (Å²) in [7, 11) is -4.09. The number of hydrogen-bond donors (Lipinski definition) is 2. The van der Waals surface area contributed by atoms with Crippen LogP contribution in [-0.4, -0.2) is 30.8 Å². The molecule has 0 spiro atoms. The lowest BCUT2D eigenvalue weighted by atomic mass is 9.99. The summed E-state index contributed by atoms with van der Waals surface area (Å²) in [5.41, 5.74) is 5.59. The van der Waals surface area contributed by atoms with Gasteiger partial charge in [-0.15, -0.1) is 0 Å². The van der Waals surface area contributed by atoms with Gasteiger partial charge in [-0.2, -0.15) is 4.98 Å². The van der Waals surface area contributed by atoms with E-state index < -0.39 is 22.0 Å². The number of aryl methyl sites for hydroxylation is 2. The van der Waals surface area contributed by atoms with Crippen molar-refractivity contribution in [2.24, 2.45) is 0 Å². The first-order chi connectivity index (χ1) is 18.6. The molecular formula is C30H30N4O4S. The van der Waals surface area contributed by atoms with Crippen LogP contribution < -0.4 is 14.8 Å². The van der Waals surface area contributed by atoms with Crippen molar-refractivity contribution in [3.05, 3.63) is 101 Å². The fraction of sp³-hybridized carbons (Fsp3) is 0.233. The third kappa shape index (κ3) is 5.63. The van der Waals surface area contributed by atoms with Gasteiger partial charge in [0.25, 0.3) is 15.9 Å². The normalized spacial score (nSPS) is 16.6. The zero-order chi connectivity index (χ0) is 27.7. The molecule has 3 aromatic carbocycles. The topological polar surface area (TPSA) is 110 Å². The van der Waals surface area contributed by atoms with Gasteiger partial charge in [-0.05, 0) is 60.2 Å². The molecule has 0 unspecified atom stereocenters. The highest BCUT2D eigenvalue weighted by Crippen LogP contribution is 2.31. The number of sulfonamides is 1. The quantitative estimate of drug-likeness (QED) is 0.351. The average molecular weight is 543 g/mol. The molecule has 0 radical (unpaired) electrons. The maximum Gasteiger partial charge on any atom is 0.264 e. The van der Waals surface area contributed by atoms with Crippen LogP contribution in [0.1, 0.15) is 58.5 Å². The molecule has 1 aliphatic heterocycles. The lowest BCUT2D eigenvalue weighted by Crippen LogP contribution is -2.31. The number of benzene rings is 3. The van der Waals surface area contributed by atoms with E-state index in [4.69, 9.17) is 4.74 Å². The Morgan fingerprint density at radius 1 is 0.923 bits per heavy atom. The molecule has 0 saturated carbocycles. The van der Waals surface area contributed by atoms with E-state index in [-0.39, 0.29) is 28.8 Å². The number of carbonyl (C=O) groups is 1. The van der Waals surface area contributed by atoms with Gasteiger partial charge in [0, 0.05) is 17.2 Å². The maximum absolute atomic E-state index is 13.3. The average Bonchev–Trinajstić information content (AvgIpc) is 2.90. The molecule has 39 heavy (non-hydrogen) atoms. The lowest BCUT2D eigenvalue weighted by Gasteiger charge is -2.21. The summed E-state index contributed by atoms with van der Waals surface area (Å²) in [4.78, 5) is 21.9. The minimum Gasteiger partial charge on any atom is -0.467 e. The number of ether oxygens (including phenoxy) is 1. The van der Waals surface area contributed by atoms with Gasteiger partial charge in [0.05, 0.1) is 17.1 Å². The molecule has 1 aliphatic rings. The van der Waals surface area contributed by atoms with Crippen molar-refractivity contribution in [1.29, 1.82) is 0 Å². The SMILES string of the molecule is Cc1cccc(C)c1-c1cc2nc(n1)NS(=O)(=O)c1cccc(c1)C(=O)NC[C@@H](c1ccc(C(C)C)cc1)O2. The molecule has 0 fully saturated rings. The summed E-state index contributed by atoms with van der Waals surface area (Å²) in [6, 6.07) is 21.5. The predicted molar refractivity (Wildman–Crippen MR) is 150 cm³/mol. The van der Waals surface area contributed by atoms with Gasteiger partial charge in [0.2, 0.25) is 11.8 Å². The van der Waals surface area contributed by atoms with Crippen LogP contribution in [0.3, 0.4) is 0 Å². The van der Waals surface area contributed by atoms with E-state index in [1.807, 2.05) is 56.3 Å². The van der Waals surface area contributed by atoms with Crippen LogP contribution in [-0.2, 0) is 10.0 Å². The Labute approximate surface area is 228 Å². The highest BCUT2D eigenvalue weighted by atomic mass is 32.2. The monoisotopic (exact) mass is 542 g/mol. The fourth-order valence-electron chi connectivity index (χ4n) is 4.62. The molecule has 9 heteroatoms. The minimum absolute atomic E-state index is 0.0706. The molecule has 1 aromatic heterocycles. The van der Waals surface area contributed by atoms with Crippen LogP contribution in [0.5, 0.6) is 5.88 Å². The fourth-order valence-corrected chi connectivity index (χ4v) is 5.61. The molecule has 4 bridgehead atoms. The van der Waals surface area contributed by atoms with Crippen molar-refractivity contribution in [3.63, 3.8) is 0 Å². The number of fused-ring (bicyclic) bond motifs is 4. The Balaban J connectivity index is 1.66. The van der Waals surface area contributed by atoms with Gasteiger partial charge < -0.3 is 10.1 Å². The summed E-state index contributed by atoms with van der Waals surface area (Å²) < 4.78 is 35.4. The first-order valence-corrected chi connectivity index (χ1v) is 14.2. The molecule has 1 atom stereocenters. The second-order valence-electron chi connectivity index (χ2n) is 9.95. The van der Waals surface area contributed by atoms with Crippen molar-refractivity contribution in [1.82, 2.24) is 15.3 Å². The Hall–Kier alpha value is -4.24. The second-order valence-corrected chi connectivity index (χ2v) is 11.6. The zero-order valence-electron chi connectivity index (χ0n) is 22.2. The summed E-state index contributed by atoms with van der Waals surface area (Å²) in [6.45, 7) is 8.33. The Bertz CT molecular complexity index is 1630. The third-order valence-corrected chi connectivity index (χ3v) is 8.08. The summed E-state index contributed by atoms with van der Waals surface area (Å²) in [5.74, 6) is 0.0126. The Kier molecular flexibility index (Phi) is 7.10. The van der Waals surface area contributed by atoms with Crippen LogP contribution in [0.15, 0.2) is 77.7 Å². The van der Waals surface area contributed by atoms with E-state index in [1.54, 1.807) is 12.1 Å². The molecular weight excluding hydrogens is 512 g/mol. The molecule has 4 aromatic rings. The molecule has 1 amide bonds. The second kappa shape index (κ2) is 10.5. The van der Waals surface area contributed by atoms with E-state index in [2.05, 4.69) is 33.9 Å². The number of nitrogens with one attached hydrogen (secondary N) is 2. The number of anilines is 1. The molecule has 0 saturated heterocycles. The van der Waals surface area contributed by atoms with Crippen LogP contribution in [0.4, 0.5) is 5.95 Å². The van der Waals surface area contributed by atoms with Crippen LogP contribution >= 0.6 is 0 Å². The smallest absolute Gasteiger partial charge is 0.264 e. The van der Waals surface area contributed by atoms with Gasteiger partial charge >= 0.3 is 0 Å². The van der Waals surface area contributed by atoms with Crippen molar-refractivity contribution >= 4 is 21.9 Å². The van der Waals surface area contributed by atoms with Crippen molar-refractivity contribution < 1.29 is 17.9 Å². The summed E-state index contributed by atoms with van der Waals surface area (Å²) >= 11 is 0. The maximum atomic E-state index is 13.3. The zero-order valence-corrected chi connectivity index (χ0v) is 23.0. The number of rotatable bonds is 3. The molecule has 2 N–H and O–H groups in total. The van der Waals surface area contributed by atoms with Crippen molar-refractivity contribution in [2.75, 3.05) is 11.3 Å². The van der Waals surface area contributed by atoms with E-state index >= 15 is 0 Å². The summed E-state index contributed by atoms with van der Waals surface area (Å²) in [5, 5.41) is 2.89. The van der Waals surface area contributed by atoms with Crippen molar-refractivity contribution in [3.8, 4) is 17.1 Å². The van der Waals surface area contributed by atoms with E-state index in [0.29, 0.717) is 11.6 Å². The first-order valence-electron chi connectivity index (χ1n) is 12.7. The number of carbonyl (C=O) groups excluding carboxylic acids is 1. The highest BCUT2D eigenvalue weighted by molar-refractivity contribution is 7.92.